The molecule has 1 N–H and O–H groups in total. The lowest BCUT2D eigenvalue weighted by molar-refractivity contribution is -0.125. The molecule has 0 spiro atoms. The molecule has 0 radical (unpaired) electrons. The van der Waals surface area contributed by atoms with Crippen LogP contribution in [-0.4, -0.2) is 31.7 Å². The van der Waals surface area contributed by atoms with E-state index in [0.29, 0.717) is 11.5 Å². The fraction of sp³-hybridized carbons (Fsp3) is 0.391. The fourth-order valence-corrected chi connectivity index (χ4v) is 3.80. The second-order valence-corrected chi connectivity index (χ2v) is 7.85. The molecular formula is C23H26ClNO5. The van der Waals surface area contributed by atoms with Crippen LogP contribution in [0.3, 0.4) is 0 Å². The number of esters is 1. The smallest absolute Gasteiger partial charge is 0.338 e. The van der Waals surface area contributed by atoms with Gasteiger partial charge in [-0.3, -0.25) is 4.79 Å². The number of carbonyl (C=O) groups is 2. The van der Waals surface area contributed by atoms with Crippen LogP contribution >= 0.6 is 11.6 Å². The maximum atomic E-state index is 12.4. The Kier molecular flexibility index (Phi) is 7.21. The van der Waals surface area contributed by atoms with Gasteiger partial charge in [-0.15, -0.1) is 0 Å². The van der Waals surface area contributed by atoms with Gasteiger partial charge in [0.25, 0.3) is 5.91 Å². The third-order valence-electron chi connectivity index (χ3n) is 4.86. The lowest BCUT2D eigenvalue weighted by atomic mass is 9.88. The highest BCUT2D eigenvalue weighted by Gasteiger charge is 2.23. The SMILES string of the molecule is COc1cc(C(=O)OCC(=O)N[C@H]2CCCc3ccccc32)cc(Cl)c1OC(C)C. The maximum Gasteiger partial charge on any atom is 0.338 e. The molecule has 6 nitrogen and oxygen atoms in total. The van der Waals surface area contributed by atoms with Crippen LogP contribution in [0.15, 0.2) is 36.4 Å². The summed E-state index contributed by atoms with van der Waals surface area (Å²) >= 11 is 6.25. The Balaban J connectivity index is 1.62. The Labute approximate surface area is 181 Å². The third-order valence-corrected chi connectivity index (χ3v) is 5.14. The number of fused-ring (bicyclic) bond motifs is 1. The molecular weight excluding hydrogens is 406 g/mol. The van der Waals surface area contributed by atoms with Crippen molar-refractivity contribution in [1.29, 1.82) is 0 Å². The number of aryl methyl sites for hydroxylation is 1. The predicted octanol–water partition coefficient (Wildman–Crippen LogP) is 4.49. The van der Waals surface area contributed by atoms with Crippen molar-refractivity contribution >= 4 is 23.5 Å². The molecule has 1 aliphatic rings. The molecule has 7 heteroatoms. The minimum absolute atomic E-state index is 0.0665. The molecule has 0 bridgehead atoms. The number of methoxy groups -OCH3 is 1. The summed E-state index contributed by atoms with van der Waals surface area (Å²) in [5.41, 5.74) is 2.56. The molecule has 1 atom stereocenters. The number of amides is 1. The molecule has 0 saturated heterocycles. The quantitative estimate of drug-likeness (QED) is 0.654. The second-order valence-electron chi connectivity index (χ2n) is 7.44. The number of rotatable bonds is 7. The Morgan fingerprint density at radius 2 is 2.00 bits per heavy atom. The summed E-state index contributed by atoms with van der Waals surface area (Å²) in [6.07, 6.45) is 2.77. The summed E-state index contributed by atoms with van der Waals surface area (Å²) in [6.45, 7) is 3.35. The highest BCUT2D eigenvalue weighted by Crippen LogP contribution is 2.37. The van der Waals surface area contributed by atoms with Crippen LogP contribution in [0.1, 0.15) is 54.2 Å². The normalized spacial score (nSPS) is 15.3. The largest absolute Gasteiger partial charge is 0.493 e. The lowest BCUT2D eigenvalue weighted by Crippen LogP contribution is -2.34. The van der Waals surface area contributed by atoms with Crippen molar-refractivity contribution in [3.05, 3.63) is 58.1 Å². The zero-order valence-electron chi connectivity index (χ0n) is 17.4. The summed E-state index contributed by atoms with van der Waals surface area (Å²) in [4.78, 5) is 24.8. The first-order chi connectivity index (χ1) is 14.4. The zero-order valence-corrected chi connectivity index (χ0v) is 18.1. The van der Waals surface area contributed by atoms with E-state index in [-0.39, 0.29) is 35.2 Å². The molecule has 0 saturated carbocycles. The van der Waals surface area contributed by atoms with Crippen LogP contribution in [0, 0.1) is 0 Å². The number of hydrogen-bond donors (Lipinski definition) is 1. The fourth-order valence-electron chi connectivity index (χ4n) is 3.54. The summed E-state index contributed by atoms with van der Waals surface area (Å²) in [7, 11) is 1.46. The van der Waals surface area contributed by atoms with E-state index >= 15 is 0 Å². The lowest BCUT2D eigenvalue weighted by Gasteiger charge is -2.26. The van der Waals surface area contributed by atoms with Crippen LogP contribution in [0.25, 0.3) is 0 Å². The zero-order chi connectivity index (χ0) is 21.7. The first kappa shape index (κ1) is 22.0. The number of nitrogens with one attached hydrogen (secondary N) is 1. The topological polar surface area (TPSA) is 73.9 Å². The predicted molar refractivity (Wildman–Crippen MR) is 114 cm³/mol. The third kappa shape index (κ3) is 5.25. The van der Waals surface area contributed by atoms with Gasteiger partial charge in [0.15, 0.2) is 18.1 Å². The number of carbonyl (C=O) groups excluding carboxylic acids is 2. The standard InChI is InChI=1S/C23H26ClNO5/c1-14(2)30-22-18(24)11-16(12-20(22)28-3)23(27)29-13-21(26)25-19-10-6-8-15-7-4-5-9-17(15)19/h4-5,7,9,11-12,14,19H,6,8,10,13H2,1-3H3,(H,25,26)/t19-/m0/s1. The minimum atomic E-state index is -0.662. The van der Waals surface area contributed by atoms with Crippen LogP contribution in [-0.2, 0) is 16.0 Å². The number of hydrogen-bond acceptors (Lipinski definition) is 5. The molecule has 30 heavy (non-hydrogen) atoms. The van der Waals surface area contributed by atoms with Gasteiger partial charge in [0, 0.05) is 0 Å². The number of halogens is 1. The summed E-state index contributed by atoms with van der Waals surface area (Å²) in [5.74, 6) is -0.320. The molecule has 1 aliphatic carbocycles. The van der Waals surface area contributed by atoms with Gasteiger partial charge in [-0.1, -0.05) is 35.9 Å². The van der Waals surface area contributed by atoms with Crippen LogP contribution in [0.5, 0.6) is 11.5 Å². The molecule has 0 unspecified atom stereocenters. The van der Waals surface area contributed by atoms with E-state index in [1.54, 1.807) is 0 Å². The van der Waals surface area contributed by atoms with Gasteiger partial charge in [0.05, 0.1) is 29.8 Å². The molecule has 0 aliphatic heterocycles. The van der Waals surface area contributed by atoms with E-state index in [9.17, 15) is 9.59 Å². The van der Waals surface area contributed by atoms with Gasteiger partial charge in [-0.25, -0.2) is 4.79 Å². The van der Waals surface area contributed by atoms with Crippen molar-refractivity contribution in [3.63, 3.8) is 0 Å². The maximum absolute atomic E-state index is 12.4. The van der Waals surface area contributed by atoms with Gasteiger partial charge < -0.3 is 19.5 Å². The summed E-state index contributed by atoms with van der Waals surface area (Å²) in [5, 5.41) is 3.19. The summed E-state index contributed by atoms with van der Waals surface area (Å²) < 4.78 is 16.1. The van der Waals surface area contributed by atoms with E-state index < -0.39 is 5.97 Å². The van der Waals surface area contributed by atoms with Gasteiger partial charge in [-0.2, -0.15) is 0 Å². The minimum Gasteiger partial charge on any atom is -0.493 e. The van der Waals surface area contributed by atoms with Crippen LogP contribution in [0.2, 0.25) is 5.02 Å². The summed E-state index contributed by atoms with van der Waals surface area (Å²) in [6, 6.07) is 10.9. The van der Waals surface area contributed by atoms with Crippen LogP contribution < -0.4 is 14.8 Å². The average Bonchev–Trinajstić information content (AvgIpc) is 2.73. The monoisotopic (exact) mass is 431 g/mol. The first-order valence-corrected chi connectivity index (χ1v) is 10.3. The highest BCUT2D eigenvalue weighted by atomic mass is 35.5. The molecule has 0 fully saturated rings. The van der Waals surface area contributed by atoms with Crippen molar-refractivity contribution in [2.45, 2.75) is 45.3 Å². The Bertz CT molecular complexity index is 928. The van der Waals surface area contributed by atoms with Crippen LogP contribution in [0.4, 0.5) is 0 Å². The van der Waals surface area contributed by atoms with E-state index in [1.807, 2.05) is 32.0 Å². The molecule has 0 heterocycles. The van der Waals surface area contributed by atoms with E-state index in [4.69, 9.17) is 25.8 Å². The van der Waals surface area contributed by atoms with Gasteiger partial charge in [0.2, 0.25) is 0 Å². The van der Waals surface area contributed by atoms with E-state index in [1.165, 1.54) is 24.8 Å². The second kappa shape index (κ2) is 9.85. The highest BCUT2D eigenvalue weighted by molar-refractivity contribution is 6.32. The molecule has 2 aromatic carbocycles. The molecule has 2 aromatic rings. The van der Waals surface area contributed by atoms with Crippen molar-refractivity contribution < 1.29 is 23.8 Å². The van der Waals surface area contributed by atoms with Crippen molar-refractivity contribution in [1.82, 2.24) is 5.32 Å². The van der Waals surface area contributed by atoms with Crippen molar-refractivity contribution in [2.24, 2.45) is 0 Å². The van der Waals surface area contributed by atoms with Crippen molar-refractivity contribution in [2.75, 3.05) is 13.7 Å². The first-order valence-electron chi connectivity index (χ1n) is 9.97. The number of ether oxygens (including phenoxy) is 3. The van der Waals surface area contributed by atoms with Gasteiger partial charge in [0.1, 0.15) is 0 Å². The van der Waals surface area contributed by atoms with Gasteiger partial charge in [-0.05, 0) is 56.4 Å². The van der Waals surface area contributed by atoms with E-state index in [2.05, 4.69) is 11.4 Å². The Hall–Kier alpha value is -2.73. The average molecular weight is 432 g/mol. The molecule has 3 rings (SSSR count). The van der Waals surface area contributed by atoms with Gasteiger partial charge >= 0.3 is 5.97 Å². The molecule has 1 amide bonds. The van der Waals surface area contributed by atoms with Crippen molar-refractivity contribution in [3.8, 4) is 11.5 Å². The van der Waals surface area contributed by atoms with E-state index in [0.717, 1.165) is 24.8 Å². The molecule has 0 aromatic heterocycles. The Morgan fingerprint density at radius 1 is 1.23 bits per heavy atom. The molecule has 160 valence electrons. The number of benzene rings is 2. The Morgan fingerprint density at radius 3 is 2.73 bits per heavy atom.